The Morgan fingerprint density at radius 1 is 1.28 bits per heavy atom. The molecule has 1 heterocycles. The molecule has 1 aliphatic heterocycles. The molecule has 0 aliphatic carbocycles. The van der Waals surface area contributed by atoms with E-state index in [4.69, 9.17) is 0 Å². The average molecular weight is 248 g/mol. The molecule has 0 saturated carbocycles. The van der Waals surface area contributed by atoms with E-state index in [1.54, 1.807) is 24.3 Å². The van der Waals surface area contributed by atoms with Crippen molar-refractivity contribution in [2.45, 2.75) is 18.9 Å². The first-order chi connectivity index (χ1) is 8.58. The molecule has 4 heteroatoms. The van der Waals surface area contributed by atoms with Crippen LogP contribution in [0, 0.1) is 0 Å². The van der Waals surface area contributed by atoms with Crippen LogP contribution in [-0.4, -0.2) is 54.0 Å². The van der Waals surface area contributed by atoms with E-state index < -0.39 is 0 Å². The molecule has 2 rings (SSSR count). The number of likely N-dealkylation sites (tertiary alicyclic amines) is 1. The van der Waals surface area contributed by atoms with Crippen molar-refractivity contribution in [3.05, 3.63) is 29.8 Å². The first-order valence-corrected chi connectivity index (χ1v) is 6.32. The van der Waals surface area contributed by atoms with Crippen molar-refractivity contribution >= 4 is 5.91 Å². The molecule has 1 fully saturated rings. The molecule has 1 amide bonds. The SMILES string of the molecule is CN1CCC(N(C)C(=O)c2ccc(O)cc2)CC1. The molecular weight excluding hydrogens is 228 g/mol. The maximum atomic E-state index is 12.3. The number of benzene rings is 1. The van der Waals surface area contributed by atoms with Crippen LogP contribution < -0.4 is 0 Å². The zero-order valence-electron chi connectivity index (χ0n) is 11.0. The summed E-state index contributed by atoms with van der Waals surface area (Å²) in [4.78, 5) is 16.4. The molecule has 18 heavy (non-hydrogen) atoms. The lowest BCUT2D eigenvalue weighted by Gasteiger charge is -2.35. The van der Waals surface area contributed by atoms with E-state index in [0.29, 0.717) is 11.6 Å². The van der Waals surface area contributed by atoms with Gasteiger partial charge in [-0.3, -0.25) is 4.79 Å². The fraction of sp³-hybridized carbons (Fsp3) is 0.500. The number of nitrogens with zero attached hydrogens (tertiary/aromatic N) is 2. The summed E-state index contributed by atoms with van der Waals surface area (Å²) in [6, 6.07) is 6.76. The number of amides is 1. The van der Waals surface area contributed by atoms with E-state index in [0.717, 1.165) is 25.9 Å². The Morgan fingerprint density at radius 2 is 1.83 bits per heavy atom. The fourth-order valence-corrected chi connectivity index (χ4v) is 2.36. The van der Waals surface area contributed by atoms with Crippen LogP contribution in [0.1, 0.15) is 23.2 Å². The second-order valence-corrected chi connectivity index (χ2v) is 5.00. The Bertz CT molecular complexity index is 408. The topological polar surface area (TPSA) is 43.8 Å². The van der Waals surface area contributed by atoms with E-state index in [1.807, 2.05) is 11.9 Å². The number of rotatable bonds is 2. The molecule has 0 spiro atoms. The molecule has 0 radical (unpaired) electrons. The number of hydrogen-bond donors (Lipinski definition) is 1. The van der Waals surface area contributed by atoms with Gasteiger partial charge in [0.2, 0.25) is 0 Å². The monoisotopic (exact) mass is 248 g/mol. The number of phenols is 1. The van der Waals surface area contributed by atoms with Crippen molar-refractivity contribution in [3.63, 3.8) is 0 Å². The van der Waals surface area contributed by atoms with Gasteiger partial charge in [-0.1, -0.05) is 0 Å². The Labute approximate surface area is 108 Å². The highest BCUT2D eigenvalue weighted by atomic mass is 16.3. The van der Waals surface area contributed by atoms with Gasteiger partial charge in [0, 0.05) is 18.7 Å². The highest BCUT2D eigenvalue weighted by Gasteiger charge is 2.24. The van der Waals surface area contributed by atoms with Crippen LogP contribution in [-0.2, 0) is 0 Å². The summed E-state index contributed by atoms with van der Waals surface area (Å²) >= 11 is 0. The summed E-state index contributed by atoms with van der Waals surface area (Å²) in [5, 5.41) is 9.22. The standard InChI is InChI=1S/C14H20N2O2/c1-15-9-7-12(8-10-15)16(2)14(18)11-3-5-13(17)6-4-11/h3-6,12,17H,7-10H2,1-2H3. The van der Waals surface area contributed by atoms with Gasteiger partial charge in [0.05, 0.1) is 0 Å². The van der Waals surface area contributed by atoms with Gasteiger partial charge in [-0.05, 0) is 57.2 Å². The predicted molar refractivity (Wildman–Crippen MR) is 70.7 cm³/mol. The molecule has 1 N–H and O–H groups in total. The van der Waals surface area contributed by atoms with Gasteiger partial charge >= 0.3 is 0 Å². The van der Waals surface area contributed by atoms with Crippen molar-refractivity contribution in [1.29, 1.82) is 0 Å². The van der Waals surface area contributed by atoms with Crippen molar-refractivity contribution in [2.75, 3.05) is 27.2 Å². The molecule has 1 aromatic rings. The van der Waals surface area contributed by atoms with Crippen LogP contribution in [0.5, 0.6) is 5.75 Å². The van der Waals surface area contributed by atoms with Gasteiger partial charge in [-0.25, -0.2) is 0 Å². The summed E-state index contributed by atoms with van der Waals surface area (Å²) in [5.41, 5.74) is 0.634. The van der Waals surface area contributed by atoms with Crippen molar-refractivity contribution < 1.29 is 9.90 Å². The minimum Gasteiger partial charge on any atom is -0.508 e. The van der Waals surface area contributed by atoms with Crippen LogP contribution in [0.15, 0.2) is 24.3 Å². The maximum absolute atomic E-state index is 12.3. The number of hydrogen-bond acceptors (Lipinski definition) is 3. The predicted octanol–water partition coefficient (Wildman–Crippen LogP) is 1.56. The lowest BCUT2D eigenvalue weighted by Crippen LogP contribution is -2.44. The summed E-state index contributed by atoms with van der Waals surface area (Å²) in [7, 11) is 3.98. The lowest BCUT2D eigenvalue weighted by atomic mass is 10.0. The normalized spacial score (nSPS) is 17.7. The summed E-state index contributed by atoms with van der Waals surface area (Å²) < 4.78 is 0. The quantitative estimate of drug-likeness (QED) is 0.863. The van der Waals surface area contributed by atoms with E-state index >= 15 is 0 Å². The van der Waals surface area contributed by atoms with Gasteiger partial charge in [0.15, 0.2) is 0 Å². The number of carbonyl (C=O) groups is 1. The molecule has 0 unspecified atom stereocenters. The molecule has 1 saturated heterocycles. The highest BCUT2D eigenvalue weighted by Crippen LogP contribution is 2.17. The number of carbonyl (C=O) groups excluding carboxylic acids is 1. The molecule has 0 bridgehead atoms. The molecule has 1 aromatic carbocycles. The van der Waals surface area contributed by atoms with Gasteiger partial charge in [-0.15, -0.1) is 0 Å². The van der Waals surface area contributed by atoms with E-state index in [9.17, 15) is 9.90 Å². The zero-order valence-corrected chi connectivity index (χ0v) is 11.0. The van der Waals surface area contributed by atoms with Gasteiger partial charge in [-0.2, -0.15) is 0 Å². The van der Waals surface area contributed by atoms with Crippen LogP contribution in [0.2, 0.25) is 0 Å². The molecule has 1 aliphatic rings. The minimum absolute atomic E-state index is 0.0320. The number of piperidine rings is 1. The van der Waals surface area contributed by atoms with Crippen molar-refractivity contribution in [1.82, 2.24) is 9.80 Å². The van der Waals surface area contributed by atoms with Crippen molar-refractivity contribution in [2.24, 2.45) is 0 Å². The Kier molecular flexibility index (Phi) is 3.87. The minimum atomic E-state index is 0.0320. The molecule has 0 aromatic heterocycles. The van der Waals surface area contributed by atoms with E-state index in [1.165, 1.54) is 0 Å². The molecule has 98 valence electrons. The third-order valence-electron chi connectivity index (χ3n) is 3.67. The fourth-order valence-electron chi connectivity index (χ4n) is 2.36. The Morgan fingerprint density at radius 3 is 2.39 bits per heavy atom. The number of aromatic hydroxyl groups is 1. The van der Waals surface area contributed by atoms with Crippen LogP contribution in [0.4, 0.5) is 0 Å². The largest absolute Gasteiger partial charge is 0.508 e. The summed E-state index contributed by atoms with van der Waals surface area (Å²) in [6.45, 7) is 2.08. The van der Waals surface area contributed by atoms with E-state index in [2.05, 4.69) is 11.9 Å². The van der Waals surface area contributed by atoms with Gasteiger partial charge in [0.1, 0.15) is 5.75 Å². The highest BCUT2D eigenvalue weighted by molar-refractivity contribution is 5.94. The molecule has 0 atom stereocenters. The third kappa shape index (κ3) is 2.82. The number of phenolic OH excluding ortho intramolecular Hbond substituents is 1. The third-order valence-corrected chi connectivity index (χ3v) is 3.67. The van der Waals surface area contributed by atoms with Crippen LogP contribution in [0.25, 0.3) is 0 Å². The second-order valence-electron chi connectivity index (χ2n) is 5.00. The summed E-state index contributed by atoms with van der Waals surface area (Å²) in [6.07, 6.45) is 2.05. The first-order valence-electron chi connectivity index (χ1n) is 6.32. The zero-order chi connectivity index (χ0) is 13.1. The van der Waals surface area contributed by atoms with Gasteiger partial charge in [0.25, 0.3) is 5.91 Å². The maximum Gasteiger partial charge on any atom is 0.253 e. The Balaban J connectivity index is 2.02. The average Bonchev–Trinajstić information content (AvgIpc) is 2.39. The smallest absolute Gasteiger partial charge is 0.253 e. The van der Waals surface area contributed by atoms with Gasteiger partial charge < -0.3 is 14.9 Å². The van der Waals surface area contributed by atoms with Crippen LogP contribution in [0.3, 0.4) is 0 Å². The van der Waals surface area contributed by atoms with Crippen molar-refractivity contribution in [3.8, 4) is 5.75 Å². The van der Waals surface area contributed by atoms with E-state index in [-0.39, 0.29) is 11.7 Å². The molecular formula is C14H20N2O2. The lowest BCUT2D eigenvalue weighted by molar-refractivity contribution is 0.0659. The first kappa shape index (κ1) is 12.9. The molecule has 4 nitrogen and oxygen atoms in total. The Hall–Kier alpha value is -1.55. The summed E-state index contributed by atoms with van der Waals surface area (Å²) in [5.74, 6) is 0.220. The van der Waals surface area contributed by atoms with Crippen LogP contribution >= 0.6 is 0 Å². The second kappa shape index (κ2) is 5.40.